The Bertz CT molecular complexity index is 1130. The Balaban J connectivity index is 1.77. The molecule has 2 heterocycles. The van der Waals surface area contributed by atoms with Crippen molar-refractivity contribution in [2.45, 2.75) is 0 Å². The molecule has 0 atom stereocenters. The molecule has 138 valence electrons. The minimum Gasteiger partial charge on any atom is -0.319 e. The molecule has 2 aromatic heterocycles. The number of aromatic nitrogens is 3. The highest BCUT2D eigenvalue weighted by molar-refractivity contribution is 6.31. The molecule has 0 aliphatic carbocycles. The first-order valence-corrected chi connectivity index (χ1v) is 8.81. The Kier molecular flexibility index (Phi) is 4.87. The van der Waals surface area contributed by atoms with Gasteiger partial charge in [0, 0.05) is 29.2 Å². The number of benzene rings is 2. The van der Waals surface area contributed by atoms with Crippen LogP contribution in [0.5, 0.6) is 0 Å². The Labute approximate surface area is 165 Å². The molecular formula is C21H14ClFN4O. The number of rotatable bonds is 4. The molecule has 4 aromatic rings. The number of nitrogens with one attached hydrogen (secondary N) is 1. The van der Waals surface area contributed by atoms with E-state index in [1.165, 1.54) is 18.2 Å². The fraction of sp³-hybridized carbons (Fsp3) is 0. The second-order valence-corrected chi connectivity index (χ2v) is 6.43. The summed E-state index contributed by atoms with van der Waals surface area (Å²) >= 11 is 5.91. The molecular weight excluding hydrogens is 379 g/mol. The molecule has 4 rings (SSSR count). The summed E-state index contributed by atoms with van der Waals surface area (Å²) < 4.78 is 15.6. The fourth-order valence-corrected chi connectivity index (χ4v) is 2.92. The van der Waals surface area contributed by atoms with Crippen LogP contribution in [0.3, 0.4) is 0 Å². The average molecular weight is 393 g/mol. The highest BCUT2D eigenvalue weighted by Gasteiger charge is 2.20. The Morgan fingerprint density at radius 3 is 2.64 bits per heavy atom. The molecule has 0 aliphatic rings. The van der Waals surface area contributed by atoms with Crippen LogP contribution in [0.25, 0.3) is 16.9 Å². The number of para-hydroxylation sites is 1. The molecule has 28 heavy (non-hydrogen) atoms. The molecule has 0 saturated heterocycles. The lowest BCUT2D eigenvalue weighted by Crippen LogP contribution is -2.13. The van der Waals surface area contributed by atoms with Crippen molar-refractivity contribution in [1.29, 1.82) is 0 Å². The van der Waals surface area contributed by atoms with E-state index >= 15 is 0 Å². The van der Waals surface area contributed by atoms with Gasteiger partial charge in [0.1, 0.15) is 11.5 Å². The topological polar surface area (TPSA) is 59.8 Å². The van der Waals surface area contributed by atoms with Gasteiger partial charge >= 0.3 is 0 Å². The molecule has 5 nitrogen and oxygen atoms in total. The van der Waals surface area contributed by atoms with Crippen LogP contribution in [0, 0.1) is 5.82 Å². The van der Waals surface area contributed by atoms with Crippen LogP contribution in [0.15, 0.2) is 79.3 Å². The van der Waals surface area contributed by atoms with Crippen LogP contribution >= 0.6 is 11.6 Å². The SMILES string of the molecule is O=C(Nc1cc(Cl)ccc1F)c1cn(-c2ccccc2)nc1-c1cccnc1. The summed E-state index contributed by atoms with van der Waals surface area (Å²) in [5, 5.41) is 7.44. The van der Waals surface area contributed by atoms with Gasteiger partial charge in [0.15, 0.2) is 0 Å². The van der Waals surface area contributed by atoms with Crippen LogP contribution in [-0.4, -0.2) is 20.7 Å². The normalized spacial score (nSPS) is 10.6. The van der Waals surface area contributed by atoms with E-state index < -0.39 is 11.7 Å². The molecule has 0 fully saturated rings. The van der Waals surface area contributed by atoms with E-state index in [2.05, 4.69) is 15.4 Å². The number of anilines is 1. The molecule has 7 heteroatoms. The number of amides is 1. The van der Waals surface area contributed by atoms with Crippen molar-refractivity contribution < 1.29 is 9.18 Å². The number of hydrogen-bond donors (Lipinski definition) is 1. The van der Waals surface area contributed by atoms with Crippen molar-refractivity contribution in [3.8, 4) is 16.9 Å². The average Bonchev–Trinajstić information content (AvgIpc) is 3.18. The van der Waals surface area contributed by atoms with Gasteiger partial charge in [0.25, 0.3) is 5.91 Å². The first-order chi connectivity index (χ1) is 13.6. The van der Waals surface area contributed by atoms with Gasteiger partial charge < -0.3 is 5.32 Å². The molecule has 0 unspecified atom stereocenters. The molecule has 1 N–H and O–H groups in total. The highest BCUT2D eigenvalue weighted by atomic mass is 35.5. The van der Waals surface area contributed by atoms with Crippen LogP contribution in [0.2, 0.25) is 5.02 Å². The molecule has 1 amide bonds. The quantitative estimate of drug-likeness (QED) is 0.533. The van der Waals surface area contributed by atoms with Crippen molar-refractivity contribution >= 4 is 23.2 Å². The fourth-order valence-electron chi connectivity index (χ4n) is 2.75. The van der Waals surface area contributed by atoms with Gasteiger partial charge in [-0.3, -0.25) is 9.78 Å². The van der Waals surface area contributed by atoms with E-state index in [1.807, 2.05) is 30.3 Å². The summed E-state index contributed by atoms with van der Waals surface area (Å²) in [6, 6.07) is 16.9. The standard InChI is InChI=1S/C21H14ClFN4O/c22-15-8-9-18(23)19(11-15)25-21(28)17-13-27(16-6-2-1-3-7-16)26-20(17)14-5-4-10-24-12-14/h1-13H,(H,25,28). The molecule has 0 saturated carbocycles. The minimum atomic E-state index is -0.573. The van der Waals surface area contributed by atoms with Gasteiger partial charge in [0.05, 0.1) is 16.9 Å². The highest BCUT2D eigenvalue weighted by Crippen LogP contribution is 2.25. The Morgan fingerprint density at radius 1 is 1.07 bits per heavy atom. The molecule has 0 aliphatic heterocycles. The lowest BCUT2D eigenvalue weighted by molar-refractivity contribution is 0.102. The number of carbonyl (C=O) groups excluding carboxylic acids is 1. The van der Waals surface area contributed by atoms with Crippen LogP contribution < -0.4 is 5.32 Å². The monoisotopic (exact) mass is 392 g/mol. The first-order valence-electron chi connectivity index (χ1n) is 8.44. The van der Waals surface area contributed by atoms with Crippen LogP contribution in [0.1, 0.15) is 10.4 Å². The molecule has 0 spiro atoms. The van der Waals surface area contributed by atoms with Crippen LogP contribution in [-0.2, 0) is 0 Å². The maximum atomic E-state index is 14.0. The van der Waals surface area contributed by atoms with E-state index in [9.17, 15) is 9.18 Å². The van der Waals surface area contributed by atoms with Gasteiger partial charge in [-0.25, -0.2) is 9.07 Å². The molecule has 0 bridgehead atoms. The van der Waals surface area contributed by atoms with Gasteiger partial charge in [-0.15, -0.1) is 0 Å². The summed E-state index contributed by atoms with van der Waals surface area (Å²) in [6.45, 7) is 0. The maximum Gasteiger partial charge on any atom is 0.259 e. The third-order valence-corrected chi connectivity index (χ3v) is 4.33. The van der Waals surface area contributed by atoms with E-state index in [4.69, 9.17) is 11.6 Å². The van der Waals surface area contributed by atoms with Gasteiger partial charge in [-0.1, -0.05) is 29.8 Å². The van der Waals surface area contributed by atoms with Crippen molar-refractivity contribution in [3.05, 3.63) is 95.7 Å². The third kappa shape index (κ3) is 3.63. The smallest absolute Gasteiger partial charge is 0.259 e. The van der Waals surface area contributed by atoms with E-state index in [-0.39, 0.29) is 11.3 Å². The van der Waals surface area contributed by atoms with Gasteiger partial charge in [-0.2, -0.15) is 5.10 Å². The second-order valence-electron chi connectivity index (χ2n) is 5.99. The number of hydrogen-bond acceptors (Lipinski definition) is 3. The number of nitrogens with zero attached hydrogens (tertiary/aromatic N) is 3. The number of halogens is 2. The number of pyridine rings is 1. The Morgan fingerprint density at radius 2 is 1.89 bits per heavy atom. The summed E-state index contributed by atoms with van der Waals surface area (Å²) in [6.07, 6.45) is 4.86. The zero-order valence-corrected chi connectivity index (χ0v) is 15.3. The summed E-state index contributed by atoms with van der Waals surface area (Å²) in [4.78, 5) is 17.0. The first kappa shape index (κ1) is 17.9. The number of carbonyl (C=O) groups is 1. The predicted octanol–water partition coefficient (Wildman–Crippen LogP) is 4.98. The van der Waals surface area contributed by atoms with E-state index in [0.29, 0.717) is 16.3 Å². The zero-order valence-electron chi connectivity index (χ0n) is 14.5. The maximum absolute atomic E-state index is 14.0. The van der Waals surface area contributed by atoms with Crippen molar-refractivity contribution in [3.63, 3.8) is 0 Å². The zero-order chi connectivity index (χ0) is 19.5. The van der Waals surface area contributed by atoms with Gasteiger partial charge in [-0.05, 0) is 42.5 Å². The second kappa shape index (κ2) is 7.62. The lowest BCUT2D eigenvalue weighted by atomic mass is 10.1. The molecule has 0 radical (unpaired) electrons. The Hall–Kier alpha value is -3.51. The van der Waals surface area contributed by atoms with Gasteiger partial charge in [0.2, 0.25) is 0 Å². The molecule has 2 aromatic carbocycles. The van der Waals surface area contributed by atoms with Crippen molar-refractivity contribution in [2.75, 3.05) is 5.32 Å². The summed E-state index contributed by atoms with van der Waals surface area (Å²) in [5.74, 6) is -1.07. The third-order valence-electron chi connectivity index (χ3n) is 4.09. The summed E-state index contributed by atoms with van der Waals surface area (Å²) in [7, 11) is 0. The van der Waals surface area contributed by atoms with Crippen molar-refractivity contribution in [2.24, 2.45) is 0 Å². The van der Waals surface area contributed by atoms with Crippen molar-refractivity contribution in [1.82, 2.24) is 14.8 Å². The van der Waals surface area contributed by atoms with E-state index in [0.717, 1.165) is 5.69 Å². The predicted molar refractivity (Wildman–Crippen MR) is 106 cm³/mol. The van der Waals surface area contributed by atoms with E-state index in [1.54, 1.807) is 35.4 Å². The largest absolute Gasteiger partial charge is 0.319 e. The minimum absolute atomic E-state index is 0.00194. The lowest BCUT2D eigenvalue weighted by Gasteiger charge is -2.07. The van der Waals surface area contributed by atoms with Crippen LogP contribution in [0.4, 0.5) is 10.1 Å². The summed E-state index contributed by atoms with van der Waals surface area (Å²) in [5.41, 5.74) is 2.20.